The summed E-state index contributed by atoms with van der Waals surface area (Å²) >= 11 is 0. The number of hydrogen-bond donors (Lipinski definition) is 1. The molecule has 1 N–H and O–H groups in total. The van der Waals surface area contributed by atoms with Crippen LogP contribution in [0.3, 0.4) is 0 Å². The second kappa shape index (κ2) is 8.93. The average molecular weight is 384 g/mol. The fourth-order valence-electron chi connectivity index (χ4n) is 4.44. The quantitative estimate of drug-likeness (QED) is 0.817. The molecule has 0 aliphatic carbocycles. The van der Waals surface area contributed by atoms with Gasteiger partial charge in [-0.3, -0.25) is 4.90 Å². The summed E-state index contributed by atoms with van der Waals surface area (Å²) in [6, 6.07) is 13.3. The van der Waals surface area contributed by atoms with E-state index in [4.69, 9.17) is 9.47 Å². The largest absolute Gasteiger partial charge is 0.493 e. The molecule has 2 aromatic rings. The lowest BCUT2D eigenvalue weighted by Crippen LogP contribution is -2.51. The van der Waals surface area contributed by atoms with Crippen LogP contribution in [0.25, 0.3) is 0 Å². The zero-order chi connectivity index (χ0) is 19.3. The van der Waals surface area contributed by atoms with Crippen LogP contribution in [-0.4, -0.2) is 37.7 Å². The highest BCUT2D eigenvalue weighted by molar-refractivity contribution is 5.43. The number of likely N-dealkylation sites (tertiary alicyclic amines) is 1. The minimum Gasteiger partial charge on any atom is -0.493 e. The van der Waals surface area contributed by atoms with Crippen LogP contribution in [0.1, 0.15) is 30.4 Å². The molecule has 2 heterocycles. The minimum atomic E-state index is -0.248. The molecule has 2 aliphatic rings. The van der Waals surface area contributed by atoms with Crippen molar-refractivity contribution in [2.24, 2.45) is 5.92 Å². The first-order valence-corrected chi connectivity index (χ1v) is 10.2. The fourth-order valence-corrected chi connectivity index (χ4v) is 4.44. The van der Waals surface area contributed by atoms with Crippen molar-refractivity contribution in [1.29, 1.82) is 0 Å². The van der Waals surface area contributed by atoms with Gasteiger partial charge in [0.25, 0.3) is 0 Å². The number of ether oxygens (including phenoxy) is 2. The predicted octanol–water partition coefficient (Wildman–Crippen LogP) is 3.99. The minimum absolute atomic E-state index is 0.248. The molecule has 2 saturated heterocycles. The molecule has 2 aromatic carbocycles. The molecular formula is C23H29FN2O2. The number of fused-ring (bicyclic) bond motifs is 1. The van der Waals surface area contributed by atoms with Gasteiger partial charge in [-0.2, -0.15) is 0 Å². The second-order valence-electron chi connectivity index (χ2n) is 7.89. The van der Waals surface area contributed by atoms with Gasteiger partial charge in [-0.25, -0.2) is 4.39 Å². The van der Waals surface area contributed by atoms with E-state index in [1.54, 1.807) is 13.2 Å². The second-order valence-corrected chi connectivity index (χ2v) is 7.89. The molecule has 150 valence electrons. The molecule has 0 amide bonds. The zero-order valence-corrected chi connectivity index (χ0v) is 16.5. The van der Waals surface area contributed by atoms with Gasteiger partial charge in [0.1, 0.15) is 12.4 Å². The third kappa shape index (κ3) is 4.65. The van der Waals surface area contributed by atoms with Crippen molar-refractivity contribution in [3.05, 3.63) is 59.4 Å². The Morgan fingerprint density at radius 2 is 2.04 bits per heavy atom. The van der Waals surface area contributed by atoms with Crippen molar-refractivity contribution in [1.82, 2.24) is 10.2 Å². The molecule has 0 unspecified atom stereocenters. The topological polar surface area (TPSA) is 33.7 Å². The monoisotopic (exact) mass is 384 g/mol. The van der Waals surface area contributed by atoms with Crippen molar-refractivity contribution >= 4 is 0 Å². The van der Waals surface area contributed by atoms with Gasteiger partial charge in [0.05, 0.1) is 7.11 Å². The van der Waals surface area contributed by atoms with Gasteiger partial charge >= 0.3 is 0 Å². The van der Waals surface area contributed by atoms with Crippen molar-refractivity contribution in [3.63, 3.8) is 0 Å². The van der Waals surface area contributed by atoms with Gasteiger partial charge in [0, 0.05) is 19.1 Å². The third-order valence-corrected chi connectivity index (χ3v) is 5.89. The predicted molar refractivity (Wildman–Crippen MR) is 108 cm³/mol. The first kappa shape index (κ1) is 19.2. The summed E-state index contributed by atoms with van der Waals surface area (Å²) in [5.74, 6) is 1.93. The molecule has 2 atom stereocenters. The number of nitrogens with zero attached hydrogens (tertiary/aromatic N) is 1. The lowest BCUT2D eigenvalue weighted by Gasteiger charge is -2.41. The Bertz CT molecular complexity index is 798. The number of hydrogen-bond acceptors (Lipinski definition) is 4. The smallest absolute Gasteiger partial charge is 0.161 e. The molecule has 2 aliphatic heterocycles. The number of nitrogens with one attached hydrogen (secondary N) is 1. The Balaban J connectivity index is 1.41. The molecule has 28 heavy (non-hydrogen) atoms. The summed E-state index contributed by atoms with van der Waals surface area (Å²) in [6.07, 6.45) is 3.85. The lowest BCUT2D eigenvalue weighted by molar-refractivity contribution is 0.109. The van der Waals surface area contributed by atoms with E-state index in [2.05, 4.69) is 22.3 Å². The van der Waals surface area contributed by atoms with E-state index in [9.17, 15) is 4.39 Å². The number of piperidine rings is 2. The van der Waals surface area contributed by atoms with Crippen LogP contribution in [0.4, 0.5) is 4.39 Å². The molecule has 4 nitrogen and oxygen atoms in total. The molecule has 4 rings (SSSR count). The summed E-state index contributed by atoms with van der Waals surface area (Å²) in [5, 5.41) is 3.68. The van der Waals surface area contributed by atoms with Crippen LogP contribution in [0, 0.1) is 11.7 Å². The van der Waals surface area contributed by atoms with Crippen molar-refractivity contribution in [2.45, 2.75) is 38.5 Å². The first-order chi connectivity index (χ1) is 13.7. The highest BCUT2D eigenvalue weighted by Gasteiger charge is 2.30. The van der Waals surface area contributed by atoms with Crippen molar-refractivity contribution < 1.29 is 13.9 Å². The van der Waals surface area contributed by atoms with Crippen LogP contribution in [0.15, 0.2) is 42.5 Å². The van der Waals surface area contributed by atoms with Gasteiger partial charge in [-0.05, 0) is 73.7 Å². The van der Waals surface area contributed by atoms with E-state index in [0.29, 0.717) is 24.1 Å². The van der Waals surface area contributed by atoms with E-state index in [-0.39, 0.29) is 5.82 Å². The summed E-state index contributed by atoms with van der Waals surface area (Å²) in [7, 11) is 1.64. The van der Waals surface area contributed by atoms with Crippen LogP contribution < -0.4 is 14.8 Å². The molecule has 2 fully saturated rings. The number of halogens is 1. The number of rotatable bonds is 6. The van der Waals surface area contributed by atoms with E-state index < -0.39 is 0 Å². The van der Waals surface area contributed by atoms with E-state index in [1.165, 1.54) is 43.5 Å². The molecule has 0 spiro atoms. The normalized spacial score (nSPS) is 22.5. The third-order valence-electron chi connectivity index (χ3n) is 5.89. The molecule has 0 saturated carbocycles. The summed E-state index contributed by atoms with van der Waals surface area (Å²) in [4.78, 5) is 2.55. The van der Waals surface area contributed by atoms with Crippen LogP contribution >= 0.6 is 0 Å². The Morgan fingerprint density at radius 1 is 1.11 bits per heavy atom. The van der Waals surface area contributed by atoms with Gasteiger partial charge < -0.3 is 14.8 Å². The van der Waals surface area contributed by atoms with Gasteiger partial charge in [0.2, 0.25) is 0 Å². The average Bonchev–Trinajstić information content (AvgIpc) is 2.72. The fraction of sp³-hybridized carbons (Fsp3) is 0.478. The van der Waals surface area contributed by atoms with Gasteiger partial charge in [0.15, 0.2) is 11.5 Å². The molecule has 0 aromatic heterocycles. The first-order valence-electron chi connectivity index (χ1n) is 10.2. The van der Waals surface area contributed by atoms with Gasteiger partial charge in [-0.1, -0.05) is 18.2 Å². The van der Waals surface area contributed by atoms with Crippen LogP contribution in [0.2, 0.25) is 0 Å². The van der Waals surface area contributed by atoms with Crippen LogP contribution in [-0.2, 0) is 13.2 Å². The Hall–Kier alpha value is -2.11. The van der Waals surface area contributed by atoms with Crippen LogP contribution in [0.5, 0.6) is 11.5 Å². The number of methoxy groups -OCH3 is 1. The summed E-state index contributed by atoms with van der Waals surface area (Å²) < 4.78 is 24.8. The molecule has 5 heteroatoms. The van der Waals surface area contributed by atoms with E-state index in [0.717, 1.165) is 31.1 Å². The standard InChI is InChI=1S/C23H29FN2O2/c1-27-22-8-7-17(13-23(22)28-16-18-4-2-6-20(24)12-18)14-26-11-9-21-19(15-26)5-3-10-25-21/h2,4,6-8,12-13,19,21,25H,3,5,9-11,14-16H2,1H3/t19-,21+/m1/s1. The lowest BCUT2D eigenvalue weighted by atomic mass is 9.85. The van der Waals surface area contributed by atoms with Crippen molar-refractivity contribution in [3.8, 4) is 11.5 Å². The Morgan fingerprint density at radius 3 is 2.89 bits per heavy atom. The van der Waals surface area contributed by atoms with E-state index in [1.807, 2.05) is 12.1 Å². The van der Waals surface area contributed by atoms with Crippen molar-refractivity contribution in [2.75, 3.05) is 26.7 Å². The van der Waals surface area contributed by atoms with Gasteiger partial charge in [-0.15, -0.1) is 0 Å². The summed E-state index contributed by atoms with van der Waals surface area (Å²) in [5.41, 5.74) is 2.02. The molecular weight excluding hydrogens is 355 g/mol. The number of benzene rings is 2. The maximum absolute atomic E-state index is 13.4. The molecule has 0 bridgehead atoms. The van der Waals surface area contributed by atoms with E-state index >= 15 is 0 Å². The Kier molecular flexibility index (Phi) is 6.13. The molecule has 0 radical (unpaired) electrons. The maximum atomic E-state index is 13.4. The zero-order valence-electron chi connectivity index (χ0n) is 16.5. The highest BCUT2D eigenvalue weighted by Crippen LogP contribution is 2.31. The summed E-state index contributed by atoms with van der Waals surface area (Å²) in [6.45, 7) is 4.69. The maximum Gasteiger partial charge on any atom is 0.161 e. The SMILES string of the molecule is COc1ccc(CN2CC[C@@H]3NCCC[C@@H]3C2)cc1OCc1cccc(F)c1. The Labute approximate surface area is 166 Å². The highest BCUT2D eigenvalue weighted by atomic mass is 19.1.